The van der Waals surface area contributed by atoms with Gasteiger partial charge in [-0.3, -0.25) is 0 Å². The number of terminal acetylenes is 1. The van der Waals surface area contributed by atoms with Crippen LogP contribution in [-0.4, -0.2) is 12.6 Å². The van der Waals surface area contributed by atoms with Crippen molar-refractivity contribution in [2.24, 2.45) is 5.92 Å². The Kier molecular flexibility index (Phi) is 2.77. The van der Waals surface area contributed by atoms with Crippen LogP contribution in [0, 0.1) is 18.3 Å². The average Bonchev–Trinajstić information content (AvgIpc) is 2.31. The first kappa shape index (κ1) is 7.63. The minimum absolute atomic E-state index is 0.691. The average molecular weight is 137 g/mol. The normalized spacial score (nSPS) is 32.0. The summed E-state index contributed by atoms with van der Waals surface area (Å²) in [5, 5.41) is 3.34. The first-order chi connectivity index (χ1) is 4.84. The van der Waals surface area contributed by atoms with Gasteiger partial charge in [-0.05, 0) is 18.8 Å². The second-order valence-corrected chi connectivity index (χ2v) is 3.10. The summed E-state index contributed by atoms with van der Waals surface area (Å²) in [5.41, 5.74) is 0. The van der Waals surface area contributed by atoms with E-state index in [4.69, 9.17) is 6.42 Å². The molecule has 0 saturated heterocycles. The van der Waals surface area contributed by atoms with Crippen LogP contribution in [0.3, 0.4) is 0 Å². The van der Waals surface area contributed by atoms with Crippen LogP contribution in [0.2, 0.25) is 0 Å². The molecule has 0 aromatic heterocycles. The van der Waals surface area contributed by atoms with Crippen LogP contribution in [0.15, 0.2) is 0 Å². The lowest BCUT2D eigenvalue weighted by Crippen LogP contribution is -2.31. The van der Waals surface area contributed by atoms with Crippen molar-refractivity contribution in [3.05, 3.63) is 0 Å². The van der Waals surface area contributed by atoms with Gasteiger partial charge < -0.3 is 5.32 Å². The second kappa shape index (κ2) is 3.63. The minimum Gasteiger partial charge on any atom is -0.303 e. The van der Waals surface area contributed by atoms with Gasteiger partial charge in [0, 0.05) is 6.04 Å². The summed E-state index contributed by atoms with van der Waals surface area (Å²) in [7, 11) is 0. The summed E-state index contributed by atoms with van der Waals surface area (Å²) in [6.45, 7) is 3.02. The fourth-order valence-corrected chi connectivity index (χ4v) is 1.64. The van der Waals surface area contributed by atoms with E-state index >= 15 is 0 Å². The molecule has 0 spiro atoms. The zero-order chi connectivity index (χ0) is 7.40. The van der Waals surface area contributed by atoms with Crippen LogP contribution in [0.1, 0.15) is 26.2 Å². The molecule has 1 aliphatic carbocycles. The van der Waals surface area contributed by atoms with E-state index in [1.54, 1.807) is 0 Å². The lowest BCUT2D eigenvalue weighted by molar-refractivity contribution is 0.447. The molecule has 10 heavy (non-hydrogen) atoms. The van der Waals surface area contributed by atoms with E-state index < -0.39 is 0 Å². The zero-order valence-electron chi connectivity index (χ0n) is 6.56. The highest BCUT2D eigenvalue weighted by atomic mass is 14.9. The van der Waals surface area contributed by atoms with Gasteiger partial charge in [-0.2, -0.15) is 0 Å². The topological polar surface area (TPSA) is 12.0 Å². The Hall–Kier alpha value is -0.480. The largest absolute Gasteiger partial charge is 0.303 e. The summed E-state index contributed by atoms with van der Waals surface area (Å²) in [4.78, 5) is 0. The minimum atomic E-state index is 0.691. The SMILES string of the molecule is C#CCNC1CCCC1C. The molecule has 0 amide bonds. The standard InChI is InChI=1S/C9H15N/c1-3-7-10-9-6-4-5-8(9)2/h1,8-10H,4-7H2,2H3. The molecule has 1 nitrogen and oxygen atoms in total. The first-order valence-electron chi connectivity index (χ1n) is 4.01. The molecule has 56 valence electrons. The Morgan fingerprint density at radius 2 is 2.40 bits per heavy atom. The third-order valence-corrected chi connectivity index (χ3v) is 2.33. The monoisotopic (exact) mass is 137 g/mol. The fourth-order valence-electron chi connectivity index (χ4n) is 1.64. The Morgan fingerprint density at radius 3 is 2.90 bits per heavy atom. The molecule has 1 heteroatoms. The molecule has 1 aliphatic rings. The Morgan fingerprint density at radius 1 is 1.60 bits per heavy atom. The van der Waals surface area contributed by atoms with Gasteiger partial charge in [0.05, 0.1) is 6.54 Å². The molecule has 1 N–H and O–H groups in total. The van der Waals surface area contributed by atoms with Crippen molar-refractivity contribution in [1.29, 1.82) is 0 Å². The third-order valence-electron chi connectivity index (χ3n) is 2.33. The summed E-state index contributed by atoms with van der Waals surface area (Å²) >= 11 is 0. The lowest BCUT2D eigenvalue weighted by atomic mass is 10.1. The molecular formula is C9H15N. The number of hydrogen-bond donors (Lipinski definition) is 1. The van der Waals surface area contributed by atoms with Crippen molar-refractivity contribution < 1.29 is 0 Å². The van der Waals surface area contributed by atoms with E-state index in [0.717, 1.165) is 12.5 Å². The molecule has 2 unspecified atom stereocenters. The van der Waals surface area contributed by atoms with Crippen LogP contribution in [0.25, 0.3) is 0 Å². The molecule has 0 aromatic rings. The van der Waals surface area contributed by atoms with Crippen LogP contribution in [-0.2, 0) is 0 Å². The molecule has 2 atom stereocenters. The fraction of sp³-hybridized carbons (Fsp3) is 0.778. The van der Waals surface area contributed by atoms with Crippen molar-refractivity contribution in [3.63, 3.8) is 0 Å². The van der Waals surface area contributed by atoms with E-state index in [0.29, 0.717) is 6.04 Å². The van der Waals surface area contributed by atoms with E-state index in [-0.39, 0.29) is 0 Å². The molecule has 0 bridgehead atoms. The zero-order valence-corrected chi connectivity index (χ0v) is 6.56. The smallest absolute Gasteiger partial charge is 0.0576 e. The van der Waals surface area contributed by atoms with Crippen LogP contribution >= 0.6 is 0 Å². The number of rotatable bonds is 2. The van der Waals surface area contributed by atoms with Gasteiger partial charge in [0.25, 0.3) is 0 Å². The van der Waals surface area contributed by atoms with Crippen LogP contribution < -0.4 is 5.32 Å². The van der Waals surface area contributed by atoms with E-state index in [1.165, 1.54) is 19.3 Å². The molecule has 1 saturated carbocycles. The highest BCUT2D eigenvalue weighted by molar-refractivity contribution is 4.90. The number of hydrogen-bond acceptors (Lipinski definition) is 1. The van der Waals surface area contributed by atoms with Crippen LogP contribution in [0.5, 0.6) is 0 Å². The summed E-state index contributed by atoms with van der Waals surface area (Å²) in [6, 6.07) is 0.691. The van der Waals surface area contributed by atoms with Crippen molar-refractivity contribution in [3.8, 4) is 12.3 Å². The van der Waals surface area contributed by atoms with Gasteiger partial charge in [0.1, 0.15) is 0 Å². The third kappa shape index (κ3) is 1.75. The molecule has 0 aliphatic heterocycles. The van der Waals surface area contributed by atoms with E-state index in [9.17, 15) is 0 Å². The second-order valence-electron chi connectivity index (χ2n) is 3.10. The highest BCUT2D eigenvalue weighted by Gasteiger charge is 2.21. The maximum absolute atomic E-state index is 5.14. The van der Waals surface area contributed by atoms with Gasteiger partial charge in [-0.15, -0.1) is 6.42 Å². The van der Waals surface area contributed by atoms with Crippen molar-refractivity contribution in [2.45, 2.75) is 32.2 Å². The quantitative estimate of drug-likeness (QED) is 0.567. The highest BCUT2D eigenvalue weighted by Crippen LogP contribution is 2.24. The maximum atomic E-state index is 5.14. The molecule has 1 rings (SSSR count). The Balaban J connectivity index is 2.21. The van der Waals surface area contributed by atoms with Gasteiger partial charge in [-0.25, -0.2) is 0 Å². The lowest BCUT2D eigenvalue weighted by Gasteiger charge is -2.14. The summed E-state index contributed by atoms with van der Waals surface area (Å²) < 4.78 is 0. The Bertz CT molecular complexity index is 134. The molecule has 0 heterocycles. The van der Waals surface area contributed by atoms with E-state index in [2.05, 4.69) is 18.2 Å². The Labute approximate surface area is 63.2 Å². The summed E-state index contributed by atoms with van der Waals surface area (Å²) in [5.74, 6) is 3.43. The first-order valence-corrected chi connectivity index (χ1v) is 4.01. The maximum Gasteiger partial charge on any atom is 0.0576 e. The van der Waals surface area contributed by atoms with Gasteiger partial charge in [0.15, 0.2) is 0 Å². The van der Waals surface area contributed by atoms with Gasteiger partial charge in [-0.1, -0.05) is 19.3 Å². The van der Waals surface area contributed by atoms with Crippen molar-refractivity contribution >= 4 is 0 Å². The predicted octanol–water partition coefficient (Wildman–Crippen LogP) is 1.40. The molecule has 1 fully saturated rings. The number of nitrogens with one attached hydrogen (secondary N) is 1. The van der Waals surface area contributed by atoms with Gasteiger partial charge in [0.2, 0.25) is 0 Å². The molecule has 0 radical (unpaired) electrons. The molecular weight excluding hydrogens is 122 g/mol. The molecule has 0 aromatic carbocycles. The van der Waals surface area contributed by atoms with Crippen molar-refractivity contribution in [1.82, 2.24) is 5.32 Å². The van der Waals surface area contributed by atoms with Gasteiger partial charge >= 0.3 is 0 Å². The van der Waals surface area contributed by atoms with Crippen molar-refractivity contribution in [2.75, 3.05) is 6.54 Å². The summed E-state index contributed by atoms with van der Waals surface area (Å²) in [6.07, 6.45) is 9.18. The predicted molar refractivity (Wildman–Crippen MR) is 43.6 cm³/mol. The van der Waals surface area contributed by atoms with Crippen LogP contribution in [0.4, 0.5) is 0 Å². The van der Waals surface area contributed by atoms with E-state index in [1.807, 2.05) is 0 Å².